The van der Waals surface area contributed by atoms with Crippen LogP contribution in [0, 0.1) is 0 Å². The standard InChI is InChI=1S/C16H12N2O8S2/c19-15-9-5-7(27-26-25-21)1-3-11(9)17-13(15)14-16(20)10-6-8(28(22,23)24)2-4-12(10)18-14/h1-6,15,18-21H,(H,22,23,24). The predicted molar refractivity (Wildman–Crippen MR) is 98.0 cm³/mol. The molecular formula is C16H12N2O8S2. The highest BCUT2D eigenvalue weighted by atomic mass is 32.2. The molecule has 0 fully saturated rings. The lowest BCUT2D eigenvalue weighted by Crippen LogP contribution is -2.09. The van der Waals surface area contributed by atoms with E-state index in [-0.39, 0.29) is 27.4 Å². The largest absolute Gasteiger partial charge is 0.505 e. The number of rotatable bonds is 5. The molecule has 3 aromatic rings. The van der Waals surface area contributed by atoms with Gasteiger partial charge in [0.25, 0.3) is 10.1 Å². The minimum Gasteiger partial charge on any atom is -0.505 e. The molecule has 28 heavy (non-hydrogen) atoms. The Labute approximate surface area is 161 Å². The van der Waals surface area contributed by atoms with Gasteiger partial charge in [-0.1, -0.05) is 5.04 Å². The quantitative estimate of drug-likeness (QED) is 0.179. The highest BCUT2D eigenvalue weighted by Crippen LogP contribution is 2.41. The SMILES string of the molecule is O=S(=O)(O)c1ccc2[nH]c(C3=Nc4ccc(SOOO)cc4C3O)c(O)c2c1. The third kappa shape index (κ3) is 3.16. The van der Waals surface area contributed by atoms with Crippen LogP contribution in [-0.2, 0) is 19.5 Å². The highest BCUT2D eigenvalue weighted by molar-refractivity contribution is 7.94. The van der Waals surface area contributed by atoms with Gasteiger partial charge in [-0.2, -0.15) is 8.42 Å². The van der Waals surface area contributed by atoms with E-state index in [1.165, 1.54) is 12.1 Å². The molecule has 146 valence electrons. The Morgan fingerprint density at radius 3 is 2.68 bits per heavy atom. The zero-order chi connectivity index (χ0) is 20.1. The first-order valence-electron chi connectivity index (χ1n) is 7.67. The molecule has 0 saturated heterocycles. The van der Waals surface area contributed by atoms with Crippen molar-refractivity contribution >= 4 is 44.5 Å². The molecule has 12 heteroatoms. The van der Waals surface area contributed by atoms with Gasteiger partial charge in [0, 0.05) is 21.4 Å². The average Bonchev–Trinajstić information content (AvgIpc) is 3.16. The van der Waals surface area contributed by atoms with Crippen molar-refractivity contribution in [2.24, 2.45) is 4.99 Å². The second-order valence-corrected chi connectivity index (χ2v) is 8.07. The number of hydrogen-bond donors (Lipinski definition) is 5. The number of hydrogen-bond acceptors (Lipinski definition) is 9. The molecule has 1 aliphatic rings. The number of aliphatic hydroxyl groups is 1. The molecular weight excluding hydrogens is 412 g/mol. The molecule has 1 aliphatic heterocycles. The van der Waals surface area contributed by atoms with E-state index in [0.29, 0.717) is 21.7 Å². The van der Waals surface area contributed by atoms with Gasteiger partial charge in [-0.3, -0.25) is 4.55 Å². The molecule has 4 rings (SSSR count). The number of aliphatic hydroxyl groups excluding tert-OH is 1. The van der Waals surface area contributed by atoms with Crippen LogP contribution in [0.1, 0.15) is 17.4 Å². The molecule has 0 radical (unpaired) electrons. The van der Waals surface area contributed by atoms with Crippen LogP contribution in [0.15, 0.2) is 51.2 Å². The van der Waals surface area contributed by atoms with Gasteiger partial charge in [0.2, 0.25) is 0 Å². The molecule has 0 aliphatic carbocycles. The summed E-state index contributed by atoms with van der Waals surface area (Å²) in [7, 11) is -4.43. The van der Waals surface area contributed by atoms with Gasteiger partial charge in [-0.15, -0.1) is 4.33 Å². The van der Waals surface area contributed by atoms with E-state index < -0.39 is 16.2 Å². The summed E-state index contributed by atoms with van der Waals surface area (Å²) in [4.78, 5) is 7.39. The zero-order valence-electron chi connectivity index (χ0n) is 13.7. The smallest absolute Gasteiger partial charge is 0.294 e. The highest BCUT2D eigenvalue weighted by Gasteiger charge is 2.30. The van der Waals surface area contributed by atoms with Crippen LogP contribution in [-0.4, -0.2) is 39.1 Å². The third-order valence-corrected chi connectivity index (χ3v) is 5.68. The van der Waals surface area contributed by atoms with Gasteiger partial charge in [-0.05, 0) is 36.4 Å². The molecule has 2 heterocycles. The summed E-state index contributed by atoms with van der Waals surface area (Å²) < 4.78 is 36.2. The van der Waals surface area contributed by atoms with E-state index in [4.69, 9.17) is 5.26 Å². The summed E-state index contributed by atoms with van der Waals surface area (Å²) in [5, 5.41) is 33.1. The minimum absolute atomic E-state index is 0.121. The Kier molecular flexibility index (Phi) is 4.63. The Hall–Kier alpha value is -2.45. The maximum atomic E-state index is 11.3. The fourth-order valence-corrected chi connectivity index (χ4v) is 3.91. The van der Waals surface area contributed by atoms with Crippen molar-refractivity contribution in [3.05, 3.63) is 47.7 Å². The zero-order valence-corrected chi connectivity index (χ0v) is 15.4. The number of H-pyrrole nitrogens is 1. The molecule has 5 N–H and O–H groups in total. The van der Waals surface area contributed by atoms with Gasteiger partial charge >= 0.3 is 0 Å². The molecule has 0 spiro atoms. The number of aromatic nitrogens is 1. The van der Waals surface area contributed by atoms with Crippen LogP contribution >= 0.6 is 12.0 Å². The van der Waals surface area contributed by atoms with Crippen LogP contribution in [0.2, 0.25) is 0 Å². The number of nitrogens with one attached hydrogen (secondary N) is 1. The molecule has 0 saturated carbocycles. The first kappa shape index (κ1) is 18.9. The third-order valence-electron chi connectivity index (χ3n) is 4.25. The van der Waals surface area contributed by atoms with Crippen LogP contribution in [0.4, 0.5) is 5.69 Å². The summed E-state index contributed by atoms with van der Waals surface area (Å²) in [5.41, 5.74) is 1.57. The predicted octanol–water partition coefficient (Wildman–Crippen LogP) is 2.72. The molecule has 0 amide bonds. The molecule has 1 atom stereocenters. The Bertz CT molecular complexity index is 1220. The van der Waals surface area contributed by atoms with E-state index in [9.17, 15) is 23.2 Å². The van der Waals surface area contributed by atoms with Crippen molar-refractivity contribution in [1.29, 1.82) is 0 Å². The van der Waals surface area contributed by atoms with E-state index in [1.54, 1.807) is 18.2 Å². The van der Waals surface area contributed by atoms with Crippen molar-refractivity contribution < 1.29 is 37.8 Å². The van der Waals surface area contributed by atoms with Crippen LogP contribution < -0.4 is 0 Å². The van der Waals surface area contributed by atoms with Gasteiger partial charge in [0.05, 0.1) is 22.6 Å². The van der Waals surface area contributed by atoms with Crippen molar-refractivity contribution in [2.75, 3.05) is 0 Å². The Morgan fingerprint density at radius 2 is 1.96 bits per heavy atom. The van der Waals surface area contributed by atoms with E-state index in [1.807, 2.05) is 0 Å². The maximum Gasteiger partial charge on any atom is 0.294 e. The van der Waals surface area contributed by atoms with Crippen molar-refractivity contribution in [1.82, 2.24) is 4.98 Å². The number of aromatic amines is 1. The monoisotopic (exact) mass is 424 g/mol. The summed E-state index contributed by atoms with van der Waals surface area (Å²) in [6, 6.07) is 8.52. The van der Waals surface area contributed by atoms with Crippen molar-refractivity contribution in [3.63, 3.8) is 0 Å². The summed E-state index contributed by atoms with van der Waals surface area (Å²) in [6.45, 7) is 0. The molecule has 2 aromatic carbocycles. The minimum atomic E-state index is -4.43. The first-order valence-corrected chi connectivity index (χ1v) is 9.85. The second kappa shape index (κ2) is 6.86. The lowest BCUT2D eigenvalue weighted by Gasteiger charge is -2.08. The maximum absolute atomic E-state index is 11.3. The number of aliphatic imine (C=N–C) groups is 1. The molecule has 1 unspecified atom stereocenters. The Morgan fingerprint density at radius 1 is 1.18 bits per heavy atom. The normalized spacial score (nSPS) is 16.4. The van der Waals surface area contributed by atoms with Gasteiger partial charge < -0.3 is 15.2 Å². The van der Waals surface area contributed by atoms with E-state index in [2.05, 4.69) is 19.3 Å². The molecule has 1 aromatic heterocycles. The van der Waals surface area contributed by atoms with E-state index in [0.717, 1.165) is 18.1 Å². The molecule has 10 nitrogen and oxygen atoms in total. The van der Waals surface area contributed by atoms with Gasteiger partial charge in [0.1, 0.15) is 23.3 Å². The van der Waals surface area contributed by atoms with Crippen LogP contribution in [0.3, 0.4) is 0 Å². The van der Waals surface area contributed by atoms with E-state index >= 15 is 0 Å². The van der Waals surface area contributed by atoms with Crippen molar-refractivity contribution in [2.45, 2.75) is 15.9 Å². The van der Waals surface area contributed by atoms with Gasteiger partial charge in [0.15, 0.2) is 0 Å². The summed E-state index contributed by atoms with van der Waals surface area (Å²) in [5.74, 6) is -0.308. The fourth-order valence-electron chi connectivity index (χ4n) is 2.99. The summed E-state index contributed by atoms with van der Waals surface area (Å²) >= 11 is 0.724. The number of aromatic hydroxyl groups is 1. The number of nitrogens with zero attached hydrogens (tertiary/aromatic N) is 1. The van der Waals surface area contributed by atoms with Gasteiger partial charge in [-0.25, -0.2) is 10.2 Å². The summed E-state index contributed by atoms with van der Waals surface area (Å²) in [6.07, 6.45) is -1.18. The lowest BCUT2D eigenvalue weighted by atomic mass is 10.0. The second-order valence-electron chi connectivity index (χ2n) is 5.88. The van der Waals surface area contributed by atoms with Crippen LogP contribution in [0.5, 0.6) is 5.75 Å². The topological polar surface area (TPSA) is 162 Å². The number of benzene rings is 2. The van der Waals surface area contributed by atoms with Crippen molar-refractivity contribution in [3.8, 4) is 5.75 Å². The average molecular weight is 424 g/mol. The van der Waals surface area contributed by atoms with Crippen LogP contribution in [0.25, 0.3) is 10.9 Å². The Balaban J connectivity index is 1.75. The lowest BCUT2D eigenvalue weighted by molar-refractivity contribution is -0.432. The first-order chi connectivity index (χ1) is 13.3. The fraction of sp³-hybridized carbons (Fsp3) is 0.0625. The number of fused-ring (bicyclic) bond motifs is 2. The molecule has 0 bridgehead atoms.